The molecule has 2 heteroatoms. The van der Waals surface area contributed by atoms with Crippen molar-refractivity contribution >= 4 is 0 Å². The maximum absolute atomic E-state index is 5.45. The minimum Gasteiger partial charge on any atom is -0.382 e. The minimum atomic E-state index is 0.541. The topological polar surface area (TPSA) is 21.3 Å². The van der Waals surface area contributed by atoms with Gasteiger partial charge in [0.15, 0.2) is 0 Å². The lowest BCUT2D eigenvalue weighted by Gasteiger charge is -2.30. The van der Waals surface area contributed by atoms with Crippen molar-refractivity contribution in [2.24, 2.45) is 11.3 Å². The number of nitrogens with one attached hydrogen (secondary N) is 1. The molecule has 2 aliphatic rings. The van der Waals surface area contributed by atoms with Crippen LogP contribution in [-0.2, 0) is 4.74 Å². The Morgan fingerprint density at radius 2 is 2.00 bits per heavy atom. The monoisotopic (exact) mass is 225 g/mol. The van der Waals surface area contributed by atoms with Gasteiger partial charge in [0.25, 0.3) is 0 Å². The summed E-state index contributed by atoms with van der Waals surface area (Å²) in [6, 6.07) is 0.852. The highest BCUT2D eigenvalue weighted by Gasteiger charge is 2.41. The highest BCUT2D eigenvalue weighted by atomic mass is 16.5. The molecule has 0 amide bonds. The zero-order valence-electron chi connectivity index (χ0n) is 10.9. The van der Waals surface area contributed by atoms with Gasteiger partial charge in [-0.15, -0.1) is 0 Å². The molecule has 0 radical (unpaired) electrons. The van der Waals surface area contributed by atoms with Gasteiger partial charge in [-0.25, -0.2) is 0 Å². The first kappa shape index (κ1) is 12.4. The largest absolute Gasteiger partial charge is 0.382 e. The molecule has 1 atom stereocenters. The van der Waals surface area contributed by atoms with Gasteiger partial charge in [-0.1, -0.05) is 6.92 Å². The second kappa shape index (κ2) is 5.50. The molecule has 2 fully saturated rings. The van der Waals surface area contributed by atoms with E-state index in [2.05, 4.69) is 19.2 Å². The molecule has 16 heavy (non-hydrogen) atoms. The highest BCUT2D eigenvalue weighted by molar-refractivity contribution is 4.94. The van der Waals surface area contributed by atoms with Crippen LogP contribution < -0.4 is 5.32 Å². The Morgan fingerprint density at radius 1 is 1.25 bits per heavy atom. The number of hydrogen-bond donors (Lipinski definition) is 1. The molecule has 0 saturated heterocycles. The smallest absolute Gasteiger partial charge is 0.0466 e. The van der Waals surface area contributed by atoms with Crippen LogP contribution in [0.2, 0.25) is 0 Å². The third-order valence-corrected chi connectivity index (χ3v) is 4.18. The zero-order valence-corrected chi connectivity index (χ0v) is 10.9. The van der Waals surface area contributed by atoms with E-state index < -0.39 is 0 Å². The molecule has 0 aromatic rings. The molecule has 0 bridgehead atoms. The highest BCUT2D eigenvalue weighted by Crippen LogP contribution is 2.48. The van der Waals surface area contributed by atoms with Crippen molar-refractivity contribution in [3.8, 4) is 0 Å². The van der Waals surface area contributed by atoms with E-state index in [-0.39, 0.29) is 0 Å². The first-order valence-corrected chi connectivity index (χ1v) is 7.06. The van der Waals surface area contributed by atoms with Crippen molar-refractivity contribution in [2.45, 2.75) is 58.4 Å². The van der Waals surface area contributed by atoms with E-state index in [9.17, 15) is 0 Å². The SMILES string of the molecule is CCOCCCC(C)(CNC1CC1)C1CC1. The molecular weight excluding hydrogens is 198 g/mol. The molecule has 94 valence electrons. The summed E-state index contributed by atoms with van der Waals surface area (Å²) >= 11 is 0. The van der Waals surface area contributed by atoms with Crippen LogP contribution in [0.25, 0.3) is 0 Å². The van der Waals surface area contributed by atoms with Crippen molar-refractivity contribution in [3.05, 3.63) is 0 Å². The second-order valence-corrected chi connectivity index (χ2v) is 5.88. The van der Waals surface area contributed by atoms with Gasteiger partial charge >= 0.3 is 0 Å². The molecule has 1 N–H and O–H groups in total. The van der Waals surface area contributed by atoms with Crippen molar-refractivity contribution in [1.29, 1.82) is 0 Å². The van der Waals surface area contributed by atoms with Crippen LogP contribution in [0.4, 0.5) is 0 Å². The fourth-order valence-electron chi connectivity index (χ4n) is 2.60. The third kappa shape index (κ3) is 3.74. The van der Waals surface area contributed by atoms with E-state index in [1.54, 1.807) is 0 Å². The first-order valence-electron chi connectivity index (χ1n) is 7.06. The van der Waals surface area contributed by atoms with E-state index in [0.717, 1.165) is 25.2 Å². The average molecular weight is 225 g/mol. The van der Waals surface area contributed by atoms with E-state index in [4.69, 9.17) is 4.74 Å². The van der Waals surface area contributed by atoms with Gasteiger partial charge in [-0.2, -0.15) is 0 Å². The van der Waals surface area contributed by atoms with E-state index in [1.165, 1.54) is 45.1 Å². The van der Waals surface area contributed by atoms with E-state index in [0.29, 0.717) is 5.41 Å². The molecule has 0 heterocycles. The predicted molar refractivity (Wildman–Crippen MR) is 67.6 cm³/mol. The fraction of sp³-hybridized carbons (Fsp3) is 1.00. The maximum Gasteiger partial charge on any atom is 0.0466 e. The Bertz CT molecular complexity index is 211. The molecule has 0 aromatic carbocycles. The van der Waals surface area contributed by atoms with Gasteiger partial charge in [-0.05, 0) is 56.8 Å². The lowest BCUT2D eigenvalue weighted by atomic mass is 9.80. The molecule has 1 unspecified atom stereocenters. The van der Waals surface area contributed by atoms with Crippen LogP contribution >= 0.6 is 0 Å². The summed E-state index contributed by atoms with van der Waals surface area (Å²) in [5, 5.41) is 3.72. The lowest BCUT2D eigenvalue weighted by Crippen LogP contribution is -2.35. The van der Waals surface area contributed by atoms with Crippen LogP contribution in [0.15, 0.2) is 0 Å². The Balaban J connectivity index is 1.68. The van der Waals surface area contributed by atoms with Gasteiger partial charge < -0.3 is 10.1 Å². The number of ether oxygens (including phenoxy) is 1. The van der Waals surface area contributed by atoms with Crippen LogP contribution in [-0.4, -0.2) is 25.8 Å². The van der Waals surface area contributed by atoms with E-state index >= 15 is 0 Å². The van der Waals surface area contributed by atoms with Crippen molar-refractivity contribution < 1.29 is 4.74 Å². The quantitative estimate of drug-likeness (QED) is 0.609. The first-order chi connectivity index (χ1) is 7.74. The Hall–Kier alpha value is -0.0800. The Morgan fingerprint density at radius 3 is 2.56 bits per heavy atom. The molecule has 0 aromatic heterocycles. The molecule has 0 aliphatic heterocycles. The van der Waals surface area contributed by atoms with Crippen molar-refractivity contribution in [2.75, 3.05) is 19.8 Å². The summed E-state index contributed by atoms with van der Waals surface area (Å²) < 4.78 is 5.45. The summed E-state index contributed by atoms with van der Waals surface area (Å²) in [7, 11) is 0. The minimum absolute atomic E-state index is 0.541. The molecule has 2 nitrogen and oxygen atoms in total. The van der Waals surface area contributed by atoms with Crippen molar-refractivity contribution in [3.63, 3.8) is 0 Å². The molecule has 2 rings (SSSR count). The average Bonchev–Trinajstić information content (AvgIpc) is 3.15. The van der Waals surface area contributed by atoms with Gasteiger partial charge in [0, 0.05) is 25.8 Å². The number of hydrogen-bond acceptors (Lipinski definition) is 2. The van der Waals surface area contributed by atoms with Gasteiger partial charge in [0.2, 0.25) is 0 Å². The number of rotatable bonds is 9. The second-order valence-electron chi connectivity index (χ2n) is 5.88. The standard InChI is InChI=1S/C14H27NO/c1-3-16-10-4-9-14(2,12-5-6-12)11-15-13-7-8-13/h12-13,15H,3-11H2,1-2H3. The van der Waals surface area contributed by atoms with Crippen LogP contribution in [0.3, 0.4) is 0 Å². The Labute approximate surface area is 100 Å². The predicted octanol–water partition coefficient (Wildman–Crippen LogP) is 2.97. The zero-order chi connectivity index (χ0) is 11.4. The third-order valence-electron chi connectivity index (χ3n) is 4.18. The van der Waals surface area contributed by atoms with Gasteiger partial charge in [-0.3, -0.25) is 0 Å². The van der Waals surface area contributed by atoms with E-state index in [1.807, 2.05) is 0 Å². The van der Waals surface area contributed by atoms with Gasteiger partial charge in [0.1, 0.15) is 0 Å². The fourth-order valence-corrected chi connectivity index (χ4v) is 2.60. The normalized spacial score (nSPS) is 24.4. The molecule has 2 saturated carbocycles. The summed E-state index contributed by atoms with van der Waals surface area (Å²) in [4.78, 5) is 0. The molecular formula is C14H27NO. The van der Waals surface area contributed by atoms with Crippen molar-refractivity contribution in [1.82, 2.24) is 5.32 Å². The summed E-state index contributed by atoms with van der Waals surface area (Å²) in [6.07, 6.45) is 8.28. The van der Waals surface area contributed by atoms with Gasteiger partial charge in [0.05, 0.1) is 0 Å². The van der Waals surface area contributed by atoms with Crippen LogP contribution in [0.5, 0.6) is 0 Å². The lowest BCUT2D eigenvalue weighted by molar-refractivity contribution is 0.124. The van der Waals surface area contributed by atoms with Crippen LogP contribution in [0, 0.1) is 11.3 Å². The summed E-state index contributed by atoms with van der Waals surface area (Å²) in [6.45, 7) is 7.60. The summed E-state index contributed by atoms with van der Waals surface area (Å²) in [5.74, 6) is 0.986. The Kier molecular flexibility index (Phi) is 4.26. The maximum atomic E-state index is 5.45. The molecule has 0 spiro atoms. The molecule has 2 aliphatic carbocycles. The summed E-state index contributed by atoms with van der Waals surface area (Å²) in [5.41, 5.74) is 0.541. The van der Waals surface area contributed by atoms with Crippen LogP contribution in [0.1, 0.15) is 52.4 Å².